The Morgan fingerprint density at radius 2 is 1.35 bits per heavy atom. The van der Waals surface area contributed by atoms with Crippen molar-refractivity contribution in [2.45, 2.75) is 0 Å². The molecule has 3 aromatic carbocycles. The van der Waals surface area contributed by atoms with Gasteiger partial charge in [0.15, 0.2) is 11.5 Å². The third-order valence-electron chi connectivity index (χ3n) is 4.20. The monoisotopic (exact) mass is 304 g/mol. The van der Waals surface area contributed by atoms with Crippen LogP contribution < -0.4 is 14.9 Å². The molecule has 0 unspecified atom stereocenters. The van der Waals surface area contributed by atoms with Gasteiger partial charge in [-0.3, -0.25) is 4.79 Å². The molecule has 0 bridgehead atoms. The topological polar surface area (TPSA) is 48.7 Å². The van der Waals surface area contributed by atoms with Crippen molar-refractivity contribution in [2.24, 2.45) is 0 Å². The van der Waals surface area contributed by atoms with Gasteiger partial charge >= 0.3 is 0 Å². The molecule has 1 aliphatic rings. The van der Waals surface area contributed by atoms with Gasteiger partial charge in [0.1, 0.15) is 24.4 Å². The number of ether oxygens (including phenoxy) is 2. The average molecular weight is 304 g/mol. The number of benzene rings is 3. The number of hydrogen-bond donors (Lipinski definition) is 0. The van der Waals surface area contributed by atoms with Crippen LogP contribution in [0.4, 0.5) is 0 Å². The van der Waals surface area contributed by atoms with Crippen molar-refractivity contribution in [3.8, 4) is 11.5 Å². The van der Waals surface area contributed by atoms with Gasteiger partial charge in [-0.1, -0.05) is 24.3 Å². The first-order valence-corrected chi connectivity index (χ1v) is 7.48. The van der Waals surface area contributed by atoms with Gasteiger partial charge in [-0.05, 0) is 29.0 Å². The van der Waals surface area contributed by atoms with E-state index in [1.807, 2.05) is 36.4 Å². The first kappa shape index (κ1) is 12.5. The highest BCUT2D eigenvalue weighted by molar-refractivity contribution is 5.99. The van der Waals surface area contributed by atoms with Gasteiger partial charge in [0, 0.05) is 6.07 Å². The second-order valence-electron chi connectivity index (χ2n) is 5.62. The minimum Gasteiger partial charge on any atom is -0.486 e. The molecule has 0 fully saturated rings. The van der Waals surface area contributed by atoms with Crippen molar-refractivity contribution < 1.29 is 13.9 Å². The Hall–Kier alpha value is -3.01. The van der Waals surface area contributed by atoms with E-state index in [9.17, 15) is 4.79 Å². The van der Waals surface area contributed by atoms with Crippen molar-refractivity contribution >= 4 is 32.7 Å². The lowest BCUT2D eigenvalue weighted by Crippen LogP contribution is -2.15. The fraction of sp³-hybridized carbons (Fsp3) is 0.105. The normalized spacial score (nSPS) is 13.7. The van der Waals surface area contributed by atoms with Crippen LogP contribution in [0.2, 0.25) is 0 Å². The first-order chi connectivity index (χ1) is 11.3. The van der Waals surface area contributed by atoms with Crippen molar-refractivity contribution in [3.05, 3.63) is 58.8 Å². The zero-order valence-corrected chi connectivity index (χ0v) is 12.2. The lowest BCUT2D eigenvalue weighted by molar-refractivity contribution is 0.172. The smallest absolute Gasteiger partial charge is 0.200 e. The Morgan fingerprint density at radius 3 is 2.13 bits per heavy atom. The van der Waals surface area contributed by atoms with E-state index in [4.69, 9.17) is 13.9 Å². The highest BCUT2D eigenvalue weighted by Crippen LogP contribution is 2.35. The van der Waals surface area contributed by atoms with Crippen LogP contribution in [0.5, 0.6) is 11.5 Å². The van der Waals surface area contributed by atoms with E-state index in [-0.39, 0.29) is 5.43 Å². The third-order valence-corrected chi connectivity index (χ3v) is 4.20. The van der Waals surface area contributed by atoms with E-state index in [2.05, 4.69) is 0 Å². The van der Waals surface area contributed by atoms with Crippen LogP contribution in [0.1, 0.15) is 0 Å². The molecule has 4 aromatic rings. The van der Waals surface area contributed by atoms with Gasteiger partial charge in [0.05, 0.1) is 10.8 Å². The van der Waals surface area contributed by atoms with E-state index in [0.717, 1.165) is 10.8 Å². The maximum Gasteiger partial charge on any atom is 0.200 e. The molecule has 0 saturated carbocycles. The second kappa shape index (κ2) is 4.49. The molecule has 1 aromatic heterocycles. The van der Waals surface area contributed by atoms with Crippen molar-refractivity contribution in [2.75, 3.05) is 13.2 Å². The molecular weight excluding hydrogens is 292 g/mol. The standard InChI is InChI=1S/C19H12O4/c20-19-13-7-11-3-1-2-4-12(11)8-15(13)23-16-10-18-17(9-14(16)19)21-5-6-22-18/h1-4,7-10H,5-6H2. The lowest BCUT2D eigenvalue weighted by Gasteiger charge is -2.18. The third kappa shape index (κ3) is 1.81. The van der Waals surface area contributed by atoms with Crippen LogP contribution in [0.3, 0.4) is 0 Å². The van der Waals surface area contributed by atoms with Gasteiger partial charge in [-0.25, -0.2) is 0 Å². The summed E-state index contributed by atoms with van der Waals surface area (Å²) in [7, 11) is 0. The lowest BCUT2D eigenvalue weighted by atomic mass is 10.1. The molecule has 4 heteroatoms. The summed E-state index contributed by atoms with van der Waals surface area (Å²) in [5.41, 5.74) is 1.05. The van der Waals surface area contributed by atoms with E-state index in [0.29, 0.717) is 46.7 Å². The molecule has 0 amide bonds. The summed E-state index contributed by atoms with van der Waals surface area (Å²) in [4.78, 5) is 12.9. The van der Waals surface area contributed by atoms with Gasteiger partial charge < -0.3 is 13.9 Å². The zero-order valence-electron chi connectivity index (χ0n) is 12.2. The molecule has 0 aliphatic carbocycles. The quantitative estimate of drug-likeness (QED) is 0.463. The Kier molecular flexibility index (Phi) is 2.45. The van der Waals surface area contributed by atoms with Crippen molar-refractivity contribution in [1.29, 1.82) is 0 Å². The second-order valence-corrected chi connectivity index (χ2v) is 5.62. The number of rotatable bonds is 0. The van der Waals surface area contributed by atoms with Crippen LogP contribution >= 0.6 is 0 Å². The molecule has 0 N–H and O–H groups in total. The molecule has 0 atom stereocenters. The van der Waals surface area contributed by atoms with Gasteiger partial charge in [0.25, 0.3) is 0 Å². The molecule has 4 nitrogen and oxygen atoms in total. The maximum atomic E-state index is 12.9. The van der Waals surface area contributed by atoms with Crippen LogP contribution in [-0.2, 0) is 0 Å². The molecule has 0 spiro atoms. The van der Waals surface area contributed by atoms with E-state index in [1.165, 1.54) is 0 Å². The zero-order chi connectivity index (χ0) is 15.4. The highest BCUT2D eigenvalue weighted by atomic mass is 16.6. The SMILES string of the molecule is O=c1c2cc3c(cc2oc2cc4ccccc4cc12)OCCO3. The predicted molar refractivity (Wildman–Crippen MR) is 88.5 cm³/mol. The Morgan fingerprint density at radius 1 is 0.739 bits per heavy atom. The molecule has 0 radical (unpaired) electrons. The fourth-order valence-electron chi connectivity index (χ4n) is 3.08. The Balaban J connectivity index is 1.92. The molecule has 112 valence electrons. The summed E-state index contributed by atoms with van der Waals surface area (Å²) in [6.45, 7) is 0.989. The van der Waals surface area contributed by atoms with Crippen molar-refractivity contribution in [1.82, 2.24) is 0 Å². The van der Waals surface area contributed by atoms with E-state index >= 15 is 0 Å². The summed E-state index contributed by atoms with van der Waals surface area (Å²) in [5, 5.41) is 3.15. The Bertz CT molecular complexity index is 1140. The van der Waals surface area contributed by atoms with Crippen molar-refractivity contribution in [3.63, 3.8) is 0 Å². The molecule has 5 rings (SSSR count). The number of hydrogen-bond acceptors (Lipinski definition) is 4. The van der Waals surface area contributed by atoms with Gasteiger partial charge in [0.2, 0.25) is 5.43 Å². The van der Waals surface area contributed by atoms with Gasteiger partial charge in [-0.15, -0.1) is 0 Å². The molecule has 1 aliphatic heterocycles. The largest absolute Gasteiger partial charge is 0.486 e. The molecule has 0 saturated heterocycles. The Labute approximate surface area is 130 Å². The van der Waals surface area contributed by atoms with Crippen LogP contribution in [0, 0.1) is 0 Å². The summed E-state index contributed by atoms with van der Waals surface area (Å²) in [6.07, 6.45) is 0. The highest BCUT2D eigenvalue weighted by Gasteiger charge is 2.17. The molecular formula is C19H12O4. The summed E-state index contributed by atoms with van der Waals surface area (Å²) >= 11 is 0. The van der Waals surface area contributed by atoms with Crippen LogP contribution in [0.25, 0.3) is 32.7 Å². The van der Waals surface area contributed by atoms with Crippen LogP contribution in [-0.4, -0.2) is 13.2 Å². The number of fused-ring (bicyclic) bond motifs is 4. The fourth-order valence-corrected chi connectivity index (χ4v) is 3.08. The first-order valence-electron chi connectivity index (χ1n) is 7.48. The molecule has 2 heterocycles. The summed E-state index contributed by atoms with van der Waals surface area (Å²) in [6, 6.07) is 15.2. The van der Waals surface area contributed by atoms with E-state index in [1.54, 1.807) is 12.1 Å². The van der Waals surface area contributed by atoms with E-state index < -0.39 is 0 Å². The van der Waals surface area contributed by atoms with Crippen LogP contribution in [0.15, 0.2) is 57.7 Å². The minimum atomic E-state index is -0.0519. The molecule has 23 heavy (non-hydrogen) atoms. The average Bonchev–Trinajstić information content (AvgIpc) is 2.59. The minimum absolute atomic E-state index is 0.0519. The summed E-state index contributed by atoms with van der Waals surface area (Å²) in [5.74, 6) is 1.21. The predicted octanol–water partition coefficient (Wildman–Crippen LogP) is 3.87. The maximum absolute atomic E-state index is 12.9. The van der Waals surface area contributed by atoms with Gasteiger partial charge in [-0.2, -0.15) is 0 Å². The summed E-state index contributed by atoms with van der Waals surface area (Å²) < 4.78 is 17.1.